The summed E-state index contributed by atoms with van der Waals surface area (Å²) in [5.74, 6) is 9.24. The highest BCUT2D eigenvalue weighted by molar-refractivity contribution is 6.00. The van der Waals surface area contributed by atoms with Gasteiger partial charge >= 0.3 is 0 Å². The Morgan fingerprint density at radius 2 is 1.45 bits per heavy atom. The maximum atomic E-state index is 5.81. The standard InChI is InChI=1S/C46H45N3.C12H12N2.C7H12.C3H8.C3H6/c1-5-7-10-19-38(29-28-36-26-24-34(3)25-27-36)45(42(6-2)47-35(4)37-17-11-8-12-18-37)39-30-32-40(33-31-39)46-48-43-22-15-16-23-44(43)49(46)41-20-13-9-14-21-41;13-11-8-4-5-9-12(11)14-10-6-2-1-3-7-10;1-4-5-6-7(2)3;2*1-3-2/h1,7-14,16-21,23-27,30-33,46,48H,6,15,22,28-29H2,2-4H3;1-9,14H,13H2;7H,6H2,1-3H3;3H2,1-2H3;3H,1H2,2H3/b10-7-,38-19+,45-42-,47-35?;;;;. The summed E-state index contributed by atoms with van der Waals surface area (Å²) in [5, 5.41) is 7.11. The number of terminal acetylenes is 1. The van der Waals surface area contributed by atoms with Gasteiger partial charge in [0, 0.05) is 40.5 Å². The van der Waals surface area contributed by atoms with Gasteiger partial charge in [-0.2, -0.15) is 0 Å². The topological polar surface area (TPSA) is 65.7 Å². The number of anilines is 4. The number of hydrogen-bond acceptors (Lipinski definition) is 5. The average Bonchev–Trinajstić information content (AvgIpc) is 3.84. The summed E-state index contributed by atoms with van der Waals surface area (Å²) in [6.07, 6.45) is 24.8. The van der Waals surface area contributed by atoms with E-state index < -0.39 is 0 Å². The Balaban J connectivity index is 0.000000377. The molecule has 1 heterocycles. The van der Waals surface area contributed by atoms with Crippen molar-refractivity contribution in [2.45, 2.75) is 113 Å². The molecule has 1 aliphatic carbocycles. The number of hydrogen-bond donors (Lipinski definition) is 3. The summed E-state index contributed by atoms with van der Waals surface area (Å²) in [5.41, 5.74) is 22.8. The van der Waals surface area contributed by atoms with Crippen molar-refractivity contribution in [1.82, 2.24) is 5.32 Å². The lowest BCUT2D eigenvalue weighted by molar-refractivity contribution is 0.634. The molecule has 76 heavy (non-hydrogen) atoms. The number of nitrogens with two attached hydrogens (primary N) is 1. The second-order valence-electron chi connectivity index (χ2n) is 18.8. The first kappa shape index (κ1) is 60.3. The predicted octanol–water partition coefficient (Wildman–Crippen LogP) is 18.7. The van der Waals surface area contributed by atoms with Crippen molar-refractivity contribution < 1.29 is 0 Å². The zero-order valence-corrected chi connectivity index (χ0v) is 46.9. The molecule has 8 rings (SSSR count). The summed E-state index contributed by atoms with van der Waals surface area (Å²) >= 11 is 0. The highest BCUT2D eigenvalue weighted by atomic mass is 15.3. The summed E-state index contributed by atoms with van der Waals surface area (Å²) in [4.78, 5) is 7.74. The van der Waals surface area contributed by atoms with Gasteiger partial charge in [-0.3, -0.25) is 4.99 Å². The van der Waals surface area contributed by atoms with Crippen molar-refractivity contribution >= 4 is 34.0 Å². The average molecular weight is 1010 g/mol. The van der Waals surface area contributed by atoms with E-state index in [1.54, 1.807) is 12.2 Å². The smallest absolute Gasteiger partial charge is 0.130 e. The third kappa shape index (κ3) is 19.9. The van der Waals surface area contributed by atoms with Crippen LogP contribution in [0, 0.1) is 37.0 Å². The van der Waals surface area contributed by atoms with E-state index in [0.717, 1.165) is 89.6 Å². The third-order valence-electron chi connectivity index (χ3n) is 12.0. The number of rotatable bonds is 14. The number of nitrogen functional groups attached to an aromatic ring is 1. The summed E-state index contributed by atoms with van der Waals surface area (Å²) in [6, 6.07) is 56.8. The molecule has 0 amide bonds. The largest absolute Gasteiger partial charge is 0.397 e. The Labute approximate surface area is 458 Å². The van der Waals surface area contributed by atoms with Crippen LogP contribution in [0.25, 0.3) is 5.57 Å². The lowest BCUT2D eigenvalue weighted by Crippen LogP contribution is -2.28. The summed E-state index contributed by atoms with van der Waals surface area (Å²) < 4.78 is 0. The van der Waals surface area contributed by atoms with E-state index in [1.807, 2.05) is 80.6 Å². The number of para-hydroxylation sites is 4. The molecule has 392 valence electrons. The number of aryl methyl sites for hydroxylation is 2. The van der Waals surface area contributed by atoms with E-state index in [-0.39, 0.29) is 6.17 Å². The summed E-state index contributed by atoms with van der Waals surface area (Å²) in [6.45, 7) is 22.2. The summed E-state index contributed by atoms with van der Waals surface area (Å²) in [7, 11) is 0. The fraction of sp³-hybridized carbons (Fsp3) is 0.254. The van der Waals surface area contributed by atoms with Crippen molar-refractivity contribution in [3.05, 3.63) is 257 Å². The Morgan fingerprint density at radius 1 is 0.842 bits per heavy atom. The quantitative estimate of drug-likeness (QED) is 0.0334. The Morgan fingerprint density at radius 3 is 2.03 bits per heavy atom. The van der Waals surface area contributed by atoms with Crippen molar-refractivity contribution in [2.24, 2.45) is 10.9 Å². The first-order valence-electron chi connectivity index (χ1n) is 27.0. The van der Waals surface area contributed by atoms with Crippen LogP contribution in [0.5, 0.6) is 0 Å². The molecule has 0 saturated carbocycles. The molecular weight excluding hydrogens is 923 g/mol. The highest BCUT2D eigenvalue weighted by Gasteiger charge is 2.33. The minimum atomic E-state index is 0.00994. The number of nitrogens with zero attached hydrogens (tertiary/aromatic N) is 2. The molecule has 0 saturated heterocycles. The first-order chi connectivity index (χ1) is 37.0. The first-order valence-corrected chi connectivity index (χ1v) is 27.0. The van der Waals surface area contributed by atoms with E-state index in [2.05, 4.69) is 210 Å². The molecule has 0 spiro atoms. The van der Waals surface area contributed by atoms with Crippen molar-refractivity contribution in [2.75, 3.05) is 16.0 Å². The molecule has 1 unspecified atom stereocenters. The van der Waals surface area contributed by atoms with Crippen LogP contribution in [-0.4, -0.2) is 5.71 Å². The Kier molecular flexibility index (Phi) is 27.2. The molecule has 0 aromatic heterocycles. The monoisotopic (exact) mass is 1010 g/mol. The molecule has 5 nitrogen and oxygen atoms in total. The van der Waals surface area contributed by atoms with Crippen LogP contribution in [-0.2, 0) is 6.42 Å². The minimum absolute atomic E-state index is 0.00994. The molecule has 6 aromatic rings. The lowest BCUT2D eigenvalue weighted by Gasteiger charge is -2.29. The number of allylic oxidation sites excluding steroid dienone is 10. The van der Waals surface area contributed by atoms with Crippen LogP contribution in [0.2, 0.25) is 0 Å². The molecule has 1 atom stereocenters. The Bertz CT molecular complexity index is 2950. The van der Waals surface area contributed by atoms with Gasteiger partial charge in [0.2, 0.25) is 0 Å². The molecule has 1 aliphatic heterocycles. The van der Waals surface area contributed by atoms with E-state index in [9.17, 15) is 0 Å². The van der Waals surface area contributed by atoms with Crippen molar-refractivity contribution in [3.63, 3.8) is 0 Å². The van der Waals surface area contributed by atoms with Crippen LogP contribution in [0.4, 0.5) is 22.7 Å². The second kappa shape index (κ2) is 34.3. The predicted molar refractivity (Wildman–Crippen MR) is 333 cm³/mol. The second-order valence-corrected chi connectivity index (χ2v) is 18.8. The van der Waals surface area contributed by atoms with E-state index in [0.29, 0.717) is 0 Å². The number of aliphatic imine (C=N–C) groups is 1. The van der Waals surface area contributed by atoms with Crippen molar-refractivity contribution in [1.29, 1.82) is 0 Å². The molecule has 2 aliphatic rings. The highest BCUT2D eigenvalue weighted by Crippen LogP contribution is 2.40. The fourth-order valence-electron chi connectivity index (χ4n) is 8.27. The molecular formula is C71H83N5. The van der Waals surface area contributed by atoms with E-state index in [1.165, 1.54) is 45.8 Å². The lowest BCUT2D eigenvalue weighted by atomic mass is 9.89. The van der Waals surface area contributed by atoms with Crippen LogP contribution in [0.15, 0.2) is 234 Å². The van der Waals surface area contributed by atoms with E-state index >= 15 is 0 Å². The van der Waals surface area contributed by atoms with Crippen LogP contribution >= 0.6 is 0 Å². The maximum Gasteiger partial charge on any atom is 0.130 e. The van der Waals surface area contributed by atoms with Gasteiger partial charge in [-0.15, -0.1) is 24.8 Å². The fourth-order valence-corrected chi connectivity index (χ4v) is 8.27. The molecule has 0 fully saturated rings. The zero-order valence-electron chi connectivity index (χ0n) is 46.9. The third-order valence-corrected chi connectivity index (χ3v) is 12.0. The van der Waals surface area contributed by atoms with Gasteiger partial charge in [-0.05, 0) is 142 Å². The van der Waals surface area contributed by atoms with Gasteiger partial charge in [0.25, 0.3) is 0 Å². The van der Waals surface area contributed by atoms with Gasteiger partial charge in [-0.1, -0.05) is 204 Å². The van der Waals surface area contributed by atoms with Crippen LogP contribution in [0.3, 0.4) is 0 Å². The van der Waals surface area contributed by atoms with Gasteiger partial charge < -0.3 is 21.3 Å². The van der Waals surface area contributed by atoms with Gasteiger partial charge in [0.1, 0.15) is 6.17 Å². The maximum absolute atomic E-state index is 5.81. The normalized spacial score (nSPS) is 13.8. The minimum Gasteiger partial charge on any atom is -0.397 e. The van der Waals surface area contributed by atoms with Crippen LogP contribution < -0.4 is 21.3 Å². The SMILES string of the molecule is C#C\C=C/C=C(CCc1ccc(C)cc1)/C(=C(\CC)N=C(C)c1ccccc1)c1ccc(C2NC3=C(C=CCC3)N2c2ccccc2)cc1.C=CC.CC#CCC(C)C.CCC.Nc1ccccc1Nc1ccccc1. The van der Waals surface area contributed by atoms with E-state index in [4.69, 9.17) is 17.1 Å². The molecule has 6 aromatic carbocycles. The molecule has 0 bridgehead atoms. The van der Waals surface area contributed by atoms with Gasteiger partial charge in [0.15, 0.2) is 0 Å². The molecule has 5 heteroatoms. The molecule has 0 radical (unpaired) electrons. The number of benzene rings is 6. The van der Waals surface area contributed by atoms with Crippen LogP contribution in [0.1, 0.15) is 128 Å². The molecule has 4 N–H and O–H groups in total. The van der Waals surface area contributed by atoms with Gasteiger partial charge in [0.05, 0.1) is 17.1 Å². The zero-order chi connectivity index (χ0) is 54.9. The number of nitrogens with one attached hydrogen (secondary N) is 2. The Hall–Kier alpha value is -8.25. The van der Waals surface area contributed by atoms with Crippen molar-refractivity contribution in [3.8, 4) is 24.2 Å². The van der Waals surface area contributed by atoms with Gasteiger partial charge in [-0.25, -0.2) is 0 Å².